The zero-order chi connectivity index (χ0) is 12.1. The minimum absolute atomic E-state index is 0.447. The summed E-state index contributed by atoms with van der Waals surface area (Å²) < 4.78 is 0.916. The summed E-state index contributed by atoms with van der Waals surface area (Å²) in [5, 5.41) is 12.2. The molecule has 2 N–H and O–H groups in total. The number of carbonyl (C=O) groups is 1. The van der Waals surface area contributed by atoms with Crippen LogP contribution in [0.25, 0.3) is 0 Å². The SMILES string of the molecule is C/C(=C/C(=O)O)CNc1cc(Br)ccc1Cl. The Kier molecular flexibility index (Phi) is 4.83. The molecule has 0 aliphatic rings. The molecule has 5 heteroatoms. The van der Waals surface area contributed by atoms with E-state index in [0.29, 0.717) is 11.6 Å². The lowest BCUT2D eigenvalue weighted by Crippen LogP contribution is -2.05. The minimum atomic E-state index is -0.945. The van der Waals surface area contributed by atoms with Gasteiger partial charge in [-0.15, -0.1) is 0 Å². The van der Waals surface area contributed by atoms with Crippen LogP contribution in [0.2, 0.25) is 5.02 Å². The van der Waals surface area contributed by atoms with Crippen LogP contribution < -0.4 is 5.32 Å². The first-order chi connectivity index (χ1) is 7.49. The standard InChI is InChI=1S/C11H11BrClNO2/c1-7(4-11(15)16)6-14-10-5-8(12)2-3-9(10)13/h2-5,14H,6H2,1H3,(H,15,16)/b7-4-. The molecule has 0 bridgehead atoms. The van der Waals surface area contributed by atoms with E-state index in [2.05, 4.69) is 21.2 Å². The van der Waals surface area contributed by atoms with Gasteiger partial charge in [-0.2, -0.15) is 0 Å². The Morgan fingerprint density at radius 1 is 1.62 bits per heavy atom. The monoisotopic (exact) mass is 303 g/mol. The van der Waals surface area contributed by atoms with Gasteiger partial charge in [-0.3, -0.25) is 0 Å². The van der Waals surface area contributed by atoms with E-state index in [-0.39, 0.29) is 0 Å². The van der Waals surface area contributed by atoms with E-state index >= 15 is 0 Å². The fourth-order valence-corrected chi connectivity index (χ4v) is 1.67. The molecule has 0 aliphatic carbocycles. The van der Waals surface area contributed by atoms with Crippen molar-refractivity contribution in [2.45, 2.75) is 6.92 Å². The maximum absolute atomic E-state index is 10.4. The van der Waals surface area contributed by atoms with Crippen LogP contribution >= 0.6 is 27.5 Å². The zero-order valence-corrected chi connectivity index (χ0v) is 11.0. The third kappa shape index (κ3) is 4.24. The first kappa shape index (κ1) is 13.1. The molecule has 0 unspecified atom stereocenters. The van der Waals surface area contributed by atoms with Gasteiger partial charge < -0.3 is 10.4 Å². The highest BCUT2D eigenvalue weighted by atomic mass is 79.9. The van der Waals surface area contributed by atoms with Crippen molar-refractivity contribution in [3.05, 3.63) is 39.3 Å². The Hall–Kier alpha value is -1.000. The average Bonchev–Trinajstić information content (AvgIpc) is 2.18. The van der Waals surface area contributed by atoms with Crippen LogP contribution in [-0.4, -0.2) is 17.6 Å². The molecular weight excluding hydrogens is 293 g/mol. The summed E-state index contributed by atoms with van der Waals surface area (Å²) in [6.07, 6.45) is 1.17. The number of halogens is 2. The Bertz CT molecular complexity index is 432. The highest BCUT2D eigenvalue weighted by Crippen LogP contribution is 2.25. The number of hydrogen-bond donors (Lipinski definition) is 2. The van der Waals surface area contributed by atoms with E-state index in [1.807, 2.05) is 12.1 Å². The van der Waals surface area contributed by atoms with Crippen LogP contribution in [0.1, 0.15) is 6.92 Å². The highest BCUT2D eigenvalue weighted by Gasteiger charge is 2.01. The molecule has 0 saturated carbocycles. The average molecular weight is 305 g/mol. The van der Waals surface area contributed by atoms with E-state index in [4.69, 9.17) is 16.7 Å². The van der Waals surface area contributed by atoms with Gasteiger partial charge in [0.05, 0.1) is 10.7 Å². The van der Waals surface area contributed by atoms with Crippen molar-refractivity contribution >= 4 is 39.2 Å². The molecule has 0 amide bonds. The van der Waals surface area contributed by atoms with Gasteiger partial charge in [0.2, 0.25) is 0 Å². The molecule has 0 fully saturated rings. The Morgan fingerprint density at radius 3 is 2.94 bits per heavy atom. The van der Waals surface area contributed by atoms with Crippen molar-refractivity contribution in [1.29, 1.82) is 0 Å². The molecule has 3 nitrogen and oxygen atoms in total. The van der Waals surface area contributed by atoms with Crippen LogP contribution in [0.3, 0.4) is 0 Å². The molecule has 0 aliphatic heterocycles. The molecular formula is C11H11BrClNO2. The van der Waals surface area contributed by atoms with Crippen molar-refractivity contribution in [1.82, 2.24) is 0 Å². The van der Waals surface area contributed by atoms with E-state index in [1.165, 1.54) is 6.08 Å². The summed E-state index contributed by atoms with van der Waals surface area (Å²) >= 11 is 9.30. The second kappa shape index (κ2) is 5.92. The molecule has 1 aromatic rings. The molecule has 0 aromatic heterocycles. The summed E-state index contributed by atoms with van der Waals surface area (Å²) in [6, 6.07) is 5.45. The zero-order valence-electron chi connectivity index (χ0n) is 8.63. The number of rotatable bonds is 4. The van der Waals surface area contributed by atoms with Gasteiger partial charge in [-0.05, 0) is 30.7 Å². The Morgan fingerprint density at radius 2 is 2.31 bits per heavy atom. The summed E-state index contributed by atoms with van der Waals surface area (Å²) in [5.74, 6) is -0.945. The summed E-state index contributed by atoms with van der Waals surface area (Å²) in [6.45, 7) is 2.19. The largest absolute Gasteiger partial charge is 0.478 e. The van der Waals surface area contributed by atoms with Crippen molar-refractivity contribution in [3.8, 4) is 0 Å². The molecule has 1 aromatic carbocycles. The fourth-order valence-electron chi connectivity index (χ4n) is 1.13. The van der Waals surface area contributed by atoms with E-state index in [9.17, 15) is 4.79 Å². The number of aliphatic carboxylic acids is 1. The van der Waals surface area contributed by atoms with Crippen LogP contribution in [-0.2, 0) is 4.79 Å². The van der Waals surface area contributed by atoms with Crippen LogP contribution in [0.5, 0.6) is 0 Å². The number of carboxylic acids is 1. The van der Waals surface area contributed by atoms with Gasteiger partial charge in [0.25, 0.3) is 0 Å². The lowest BCUT2D eigenvalue weighted by molar-refractivity contribution is -0.131. The van der Waals surface area contributed by atoms with Gasteiger partial charge in [-0.1, -0.05) is 27.5 Å². The molecule has 1 rings (SSSR count). The predicted molar refractivity (Wildman–Crippen MR) is 69.0 cm³/mol. The smallest absolute Gasteiger partial charge is 0.328 e. The number of carboxylic acid groups (broad SMARTS) is 1. The molecule has 0 spiro atoms. The van der Waals surface area contributed by atoms with Crippen molar-refractivity contribution in [2.24, 2.45) is 0 Å². The molecule has 0 heterocycles. The van der Waals surface area contributed by atoms with Gasteiger partial charge in [0.1, 0.15) is 0 Å². The molecule has 0 atom stereocenters. The first-order valence-corrected chi connectivity index (χ1v) is 5.75. The van der Waals surface area contributed by atoms with Crippen LogP contribution in [0, 0.1) is 0 Å². The molecule has 0 radical (unpaired) electrons. The lowest BCUT2D eigenvalue weighted by Gasteiger charge is -2.08. The van der Waals surface area contributed by atoms with Crippen molar-refractivity contribution in [3.63, 3.8) is 0 Å². The fraction of sp³-hybridized carbons (Fsp3) is 0.182. The second-order valence-corrected chi connectivity index (χ2v) is 4.63. The van der Waals surface area contributed by atoms with Crippen molar-refractivity contribution < 1.29 is 9.90 Å². The summed E-state index contributed by atoms with van der Waals surface area (Å²) in [7, 11) is 0. The van der Waals surface area contributed by atoms with E-state index < -0.39 is 5.97 Å². The minimum Gasteiger partial charge on any atom is -0.478 e. The molecule has 86 valence electrons. The van der Waals surface area contributed by atoms with Crippen LogP contribution in [0.4, 0.5) is 5.69 Å². The van der Waals surface area contributed by atoms with Gasteiger partial charge >= 0.3 is 5.97 Å². The van der Waals surface area contributed by atoms with E-state index in [0.717, 1.165) is 15.7 Å². The predicted octanol–water partition coefficient (Wildman–Crippen LogP) is 3.55. The van der Waals surface area contributed by atoms with Gasteiger partial charge in [0, 0.05) is 17.1 Å². The van der Waals surface area contributed by atoms with Gasteiger partial charge in [0.15, 0.2) is 0 Å². The molecule has 16 heavy (non-hydrogen) atoms. The number of benzene rings is 1. The number of nitrogens with one attached hydrogen (secondary N) is 1. The van der Waals surface area contributed by atoms with Crippen molar-refractivity contribution in [2.75, 3.05) is 11.9 Å². The second-order valence-electron chi connectivity index (χ2n) is 3.31. The normalized spacial score (nSPS) is 11.3. The Balaban J connectivity index is 2.68. The first-order valence-electron chi connectivity index (χ1n) is 4.58. The quantitative estimate of drug-likeness (QED) is 0.836. The number of hydrogen-bond acceptors (Lipinski definition) is 2. The third-order valence-electron chi connectivity index (χ3n) is 1.86. The van der Waals surface area contributed by atoms with Crippen LogP contribution in [0.15, 0.2) is 34.3 Å². The summed E-state index contributed by atoms with van der Waals surface area (Å²) in [4.78, 5) is 10.4. The third-order valence-corrected chi connectivity index (χ3v) is 2.68. The van der Waals surface area contributed by atoms with Gasteiger partial charge in [-0.25, -0.2) is 4.79 Å². The summed E-state index contributed by atoms with van der Waals surface area (Å²) in [5.41, 5.74) is 1.50. The number of anilines is 1. The topological polar surface area (TPSA) is 49.3 Å². The maximum atomic E-state index is 10.4. The highest BCUT2D eigenvalue weighted by molar-refractivity contribution is 9.10. The maximum Gasteiger partial charge on any atom is 0.328 e. The molecule has 0 saturated heterocycles. The van der Waals surface area contributed by atoms with E-state index in [1.54, 1.807) is 13.0 Å². The Labute approximate surface area is 107 Å². The lowest BCUT2D eigenvalue weighted by atomic mass is 10.2.